The van der Waals surface area contributed by atoms with Gasteiger partial charge in [-0.1, -0.05) is 30.3 Å². The van der Waals surface area contributed by atoms with Gasteiger partial charge in [0.15, 0.2) is 0 Å². The molecule has 1 aliphatic heterocycles. The predicted octanol–water partition coefficient (Wildman–Crippen LogP) is 3.20. The third-order valence-electron chi connectivity index (χ3n) is 4.57. The number of amides is 1. The molecule has 122 valence electrons. The topological polar surface area (TPSA) is 32.3 Å². The Morgan fingerprint density at radius 2 is 2.17 bits per heavy atom. The maximum atomic E-state index is 11.9. The predicted molar refractivity (Wildman–Crippen MR) is 96.0 cm³/mol. The average molecular weight is 328 g/mol. The summed E-state index contributed by atoms with van der Waals surface area (Å²) >= 11 is 1.64. The summed E-state index contributed by atoms with van der Waals surface area (Å²) in [4.78, 5) is 15.5. The monoisotopic (exact) mass is 328 g/mol. The number of aryl methyl sites for hydroxylation is 1. The van der Waals surface area contributed by atoms with E-state index in [2.05, 4.69) is 41.4 Å². The van der Waals surface area contributed by atoms with Gasteiger partial charge >= 0.3 is 0 Å². The van der Waals surface area contributed by atoms with Crippen LogP contribution in [0, 0.1) is 6.92 Å². The van der Waals surface area contributed by atoms with Gasteiger partial charge in [0.1, 0.15) is 0 Å². The molecule has 0 saturated carbocycles. The van der Waals surface area contributed by atoms with Crippen LogP contribution >= 0.6 is 11.3 Å². The number of hydrogen-bond donors (Lipinski definition) is 1. The van der Waals surface area contributed by atoms with Crippen molar-refractivity contribution in [2.75, 3.05) is 26.2 Å². The molecule has 2 aromatic rings. The van der Waals surface area contributed by atoms with Crippen LogP contribution in [-0.2, 0) is 11.2 Å². The van der Waals surface area contributed by atoms with E-state index in [4.69, 9.17) is 0 Å². The Labute approximate surface area is 142 Å². The number of carbonyl (C=O) groups is 1. The molecule has 4 heteroatoms. The third kappa shape index (κ3) is 4.43. The number of thiophene rings is 1. The van der Waals surface area contributed by atoms with Crippen LogP contribution in [0.4, 0.5) is 0 Å². The van der Waals surface area contributed by atoms with Crippen molar-refractivity contribution in [2.45, 2.75) is 25.7 Å². The SMILES string of the molecule is Cc1ccccc1[C@H]1CCN(CCNC(=O)Cc2cccs2)C1. The maximum absolute atomic E-state index is 11.9. The van der Waals surface area contributed by atoms with Crippen LogP contribution < -0.4 is 5.32 Å². The first kappa shape index (κ1) is 16.2. The Morgan fingerprint density at radius 3 is 2.96 bits per heavy atom. The highest BCUT2D eigenvalue weighted by atomic mass is 32.1. The first-order chi connectivity index (χ1) is 11.2. The lowest BCUT2D eigenvalue weighted by Crippen LogP contribution is -2.34. The summed E-state index contributed by atoms with van der Waals surface area (Å²) in [5.74, 6) is 0.764. The lowest BCUT2D eigenvalue weighted by Gasteiger charge is -2.17. The Balaban J connectivity index is 1.40. The van der Waals surface area contributed by atoms with Gasteiger partial charge in [-0.15, -0.1) is 11.3 Å². The summed E-state index contributed by atoms with van der Waals surface area (Å²) in [5.41, 5.74) is 2.88. The van der Waals surface area contributed by atoms with Gasteiger partial charge in [0.2, 0.25) is 5.91 Å². The van der Waals surface area contributed by atoms with Crippen LogP contribution in [0.3, 0.4) is 0 Å². The summed E-state index contributed by atoms with van der Waals surface area (Å²) in [6.45, 7) is 6.11. The summed E-state index contributed by atoms with van der Waals surface area (Å²) < 4.78 is 0. The third-order valence-corrected chi connectivity index (χ3v) is 5.44. The van der Waals surface area contributed by atoms with Crippen LogP contribution in [0.5, 0.6) is 0 Å². The molecule has 1 aliphatic rings. The number of nitrogens with one attached hydrogen (secondary N) is 1. The Kier molecular flexibility index (Phi) is 5.47. The molecule has 0 bridgehead atoms. The molecule has 2 heterocycles. The van der Waals surface area contributed by atoms with Crippen molar-refractivity contribution in [2.24, 2.45) is 0 Å². The molecule has 3 rings (SSSR count). The molecular weight excluding hydrogens is 304 g/mol. The standard InChI is InChI=1S/C19H24N2OS/c1-15-5-2-3-7-18(15)16-8-10-21(14-16)11-9-20-19(22)13-17-6-4-12-23-17/h2-7,12,16H,8-11,13-14H2,1H3,(H,20,22)/t16-/m0/s1. The van der Waals surface area contributed by atoms with E-state index in [9.17, 15) is 4.79 Å². The largest absolute Gasteiger partial charge is 0.355 e. The van der Waals surface area contributed by atoms with E-state index in [1.165, 1.54) is 17.5 Å². The highest BCUT2D eigenvalue weighted by molar-refractivity contribution is 7.10. The van der Waals surface area contributed by atoms with Gasteiger partial charge in [0.25, 0.3) is 0 Å². The number of hydrogen-bond acceptors (Lipinski definition) is 3. The van der Waals surface area contributed by atoms with E-state index >= 15 is 0 Å². The van der Waals surface area contributed by atoms with E-state index in [1.54, 1.807) is 11.3 Å². The minimum atomic E-state index is 0.127. The molecule has 1 N–H and O–H groups in total. The zero-order valence-electron chi connectivity index (χ0n) is 13.6. The second-order valence-corrected chi connectivity index (χ2v) is 7.28. The highest BCUT2D eigenvalue weighted by Crippen LogP contribution is 2.28. The van der Waals surface area contributed by atoms with Crippen molar-refractivity contribution in [1.29, 1.82) is 0 Å². The van der Waals surface area contributed by atoms with E-state index in [0.29, 0.717) is 12.3 Å². The summed E-state index contributed by atoms with van der Waals surface area (Å²) in [6.07, 6.45) is 1.72. The molecule has 1 saturated heterocycles. The fraction of sp³-hybridized carbons (Fsp3) is 0.421. The zero-order valence-corrected chi connectivity index (χ0v) is 14.4. The molecule has 0 radical (unpaired) electrons. The van der Waals surface area contributed by atoms with Gasteiger partial charge in [0, 0.05) is 24.5 Å². The minimum Gasteiger partial charge on any atom is -0.355 e. The van der Waals surface area contributed by atoms with Gasteiger partial charge in [0.05, 0.1) is 6.42 Å². The Morgan fingerprint density at radius 1 is 1.30 bits per heavy atom. The Hall–Kier alpha value is -1.65. The first-order valence-electron chi connectivity index (χ1n) is 8.29. The quantitative estimate of drug-likeness (QED) is 0.883. The van der Waals surface area contributed by atoms with Crippen LogP contribution in [-0.4, -0.2) is 37.0 Å². The van der Waals surface area contributed by atoms with Crippen molar-refractivity contribution in [3.8, 4) is 0 Å². The van der Waals surface area contributed by atoms with Gasteiger partial charge in [-0.2, -0.15) is 0 Å². The molecular formula is C19H24N2OS. The minimum absolute atomic E-state index is 0.127. The summed E-state index contributed by atoms with van der Waals surface area (Å²) in [6, 6.07) is 12.7. The number of benzene rings is 1. The van der Waals surface area contributed by atoms with Gasteiger partial charge in [-0.05, 0) is 48.4 Å². The lowest BCUT2D eigenvalue weighted by molar-refractivity contribution is -0.120. The fourth-order valence-corrected chi connectivity index (χ4v) is 4.03. The molecule has 3 nitrogen and oxygen atoms in total. The molecule has 1 fully saturated rings. The smallest absolute Gasteiger partial charge is 0.225 e. The van der Waals surface area contributed by atoms with Gasteiger partial charge < -0.3 is 10.2 Å². The number of carbonyl (C=O) groups excluding carboxylic acids is 1. The second-order valence-electron chi connectivity index (χ2n) is 6.25. The molecule has 1 aromatic heterocycles. The highest BCUT2D eigenvalue weighted by Gasteiger charge is 2.24. The molecule has 1 aromatic carbocycles. The molecule has 1 atom stereocenters. The van der Waals surface area contributed by atoms with Crippen LogP contribution in [0.1, 0.15) is 28.3 Å². The van der Waals surface area contributed by atoms with E-state index in [1.807, 2.05) is 17.5 Å². The molecule has 1 amide bonds. The molecule has 0 spiro atoms. The van der Waals surface area contributed by atoms with Gasteiger partial charge in [-0.25, -0.2) is 0 Å². The number of rotatable bonds is 6. The van der Waals surface area contributed by atoms with Crippen molar-refractivity contribution < 1.29 is 4.79 Å². The van der Waals surface area contributed by atoms with Crippen LogP contribution in [0.25, 0.3) is 0 Å². The first-order valence-corrected chi connectivity index (χ1v) is 9.17. The van der Waals surface area contributed by atoms with E-state index in [-0.39, 0.29) is 5.91 Å². The molecule has 0 aliphatic carbocycles. The van der Waals surface area contributed by atoms with E-state index in [0.717, 1.165) is 31.1 Å². The molecule has 23 heavy (non-hydrogen) atoms. The maximum Gasteiger partial charge on any atom is 0.225 e. The van der Waals surface area contributed by atoms with Crippen molar-refractivity contribution >= 4 is 17.2 Å². The average Bonchev–Trinajstić information content (AvgIpc) is 3.20. The number of nitrogens with zero attached hydrogens (tertiary/aromatic N) is 1. The zero-order chi connectivity index (χ0) is 16.1. The second kappa shape index (κ2) is 7.75. The summed E-state index contributed by atoms with van der Waals surface area (Å²) in [5, 5.41) is 5.05. The van der Waals surface area contributed by atoms with Crippen molar-refractivity contribution in [3.05, 3.63) is 57.8 Å². The van der Waals surface area contributed by atoms with Gasteiger partial charge in [-0.3, -0.25) is 4.79 Å². The van der Waals surface area contributed by atoms with Crippen molar-refractivity contribution in [1.82, 2.24) is 10.2 Å². The van der Waals surface area contributed by atoms with E-state index < -0.39 is 0 Å². The number of likely N-dealkylation sites (tertiary alicyclic amines) is 1. The lowest BCUT2D eigenvalue weighted by atomic mass is 9.94. The van der Waals surface area contributed by atoms with Crippen LogP contribution in [0.2, 0.25) is 0 Å². The Bertz CT molecular complexity index is 639. The van der Waals surface area contributed by atoms with Crippen LogP contribution in [0.15, 0.2) is 41.8 Å². The van der Waals surface area contributed by atoms with Crippen molar-refractivity contribution in [3.63, 3.8) is 0 Å². The fourth-order valence-electron chi connectivity index (χ4n) is 3.32. The molecule has 0 unspecified atom stereocenters. The normalized spacial score (nSPS) is 18.2. The summed E-state index contributed by atoms with van der Waals surface area (Å²) in [7, 11) is 0.